The van der Waals surface area contributed by atoms with Crippen molar-refractivity contribution in [1.29, 1.82) is 5.26 Å². The average Bonchev–Trinajstić information content (AvgIpc) is 2.47. The Morgan fingerprint density at radius 2 is 2.20 bits per heavy atom. The van der Waals surface area contributed by atoms with Gasteiger partial charge in [-0.05, 0) is 24.5 Å². The van der Waals surface area contributed by atoms with Gasteiger partial charge in [-0.25, -0.2) is 0 Å². The summed E-state index contributed by atoms with van der Waals surface area (Å²) in [6, 6.07) is 6.41. The number of nitriles is 1. The van der Waals surface area contributed by atoms with E-state index in [9.17, 15) is 10.1 Å². The normalized spacial score (nSPS) is 11.7. The van der Waals surface area contributed by atoms with E-state index in [4.69, 9.17) is 5.26 Å². The molecule has 0 aliphatic rings. The Hall–Kier alpha value is -2.09. The molecule has 0 saturated carbocycles. The first kappa shape index (κ1) is 16.0. The van der Waals surface area contributed by atoms with Gasteiger partial charge in [0, 0.05) is 12.6 Å². The third kappa shape index (κ3) is 4.54. The van der Waals surface area contributed by atoms with E-state index < -0.39 is 4.92 Å². The van der Waals surface area contributed by atoms with Crippen LogP contribution in [-0.4, -0.2) is 11.5 Å². The van der Waals surface area contributed by atoms with Gasteiger partial charge in [-0.1, -0.05) is 33.1 Å². The van der Waals surface area contributed by atoms with Crippen molar-refractivity contribution in [3.8, 4) is 6.07 Å². The fourth-order valence-electron chi connectivity index (χ4n) is 2.10. The zero-order valence-electron chi connectivity index (χ0n) is 12.1. The zero-order valence-corrected chi connectivity index (χ0v) is 12.1. The highest BCUT2D eigenvalue weighted by molar-refractivity contribution is 5.64. The minimum absolute atomic E-state index is 0.0225. The molecule has 1 aromatic carbocycles. The molecule has 0 spiro atoms. The molecule has 0 bridgehead atoms. The molecule has 1 atom stereocenters. The van der Waals surface area contributed by atoms with Crippen molar-refractivity contribution >= 4 is 11.4 Å². The third-order valence-electron chi connectivity index (χ3n) is 3.45. The molecule has 5 heteroatoms. The van der Waals surface area contributed by atoms with Crippen LogP contribution in [0.4, 0.5) is 11.4 Å². The maximum Gasteiger partial charge on any atom is 0.292 e. The van der Waals surface area contributed by atoms with Gasteiger partial charge in [0.1, 0.15) is 5.69 Å². The van der Waals surface area contributed by atoms with Crippen LogP contribution in [0.3, 0.4) is 0 Å². The number of hydrogen-bond donors (Lipinski definition) is 1. The molecule has 1 unspecified atom stereocenters. The van der Waals surface area contributed by atoms with Crippen LogP contribution in [0.1, 0.15) is 45.1 Å². The van der Waals surface area contributed by atoms with E-state index in [0.717, 1.165) is 19.3 Å². The summed E-state index contributed by atoms with van der Waals surface area (Å²) >= 11 is 0. The van der Waals surface area contributed by atoms with Gasteiger partial charge in [0.25, 0.3) is 5.69 Å². The summed E-state index contributed by atoms with van der Waals surface area (Å²) in [5.41, 5.74) is 0.887. The number of anilines is 1. The Labute approximate surface area is 119 Å². The van der Waals surface area contributed by atoms with Crippen LogP contribution in [0.2, 0.25) is 0 Å². The second-order valence-electron chi connectivity index (χ2n) is 4.90. The summed E-state index contributed by atoms with van der Waals surface area (Å²) in [6.07, 6.45) is 4.48. The van der Waals surface area contributed by atoms with Gasteiger partial charge >= 0.3 is 0 Å². The molecule has 5 nitrogen and oxygen atoms in total. The van der Waals surface area contributed by atoms with Crippen LogP contribution in [0.5, 0.6) is 0 Å². The number of hydrogen-bond acceptors (Lipinski definition) is 4. The Morgan fingerprint density at radius 3 is 2.75 bits per heavy atom. The molecule has 0 radical (unpaired) electrons. The Balaban J connectivity index is 2.79. The molecular weight excluding hydrogens is 254 g/mol. The van der Waals surface area contributed by atoms with Crippen LogP contribution in [0, 0.1) is 27.4 Å². The van der Waals surface area contributed by atoms with Gasteiger partial charge in [0.15, 0.2) is 0 Å². The fourth-order valence-corrected chi connectivity index (χ4v) is 2.10. The molecule has 1 aromatic rings. The highest BCUT2D eigenvalue weighted by atomic mass is 16.6. The number of unbranched alkanes of at least 4 members (excludes halogenated alkanes) is 1. The highest BCUT2D eigenvalue weighted by Crippen LogP contribution is 2.26. The summed E-state index contributed by atoms with van der Waals surface area (Å²) in [7, 11) is 0. The molecule has 0 saturated heterocycles. The van der Waals surface area contributed by atoms with E-state index in [-0.39, 0.29) is 5.69 Å². The lowest BCUT2D eigenvalue weighted by molar-refractivity contribution is -0.384. The van der Waals surface area contributed by atoms with Crippen molar-refractivity contribution < 1.29 is 4.92 Å². The standard InChI is InChI=1S/C15H21N3O2/c1-3-5-6-12(4-2)11-17-14-9-13(10-16)7-8-15(14)18(19)20/h7-9,12,17H,3-6,11H2,1-2H3. The molecule has 0 fully saturated rings. The Bertz CT molecular complexity index is 494. The van der Waals surface area contributed by atoms with E-state index >= 15 is 0 Å². The van der Waals surface area contributed by atoms with Gasteiger partial charge < -0.3 is 5.32 Å². The second-order valence-corrected chi connectivity index (χ2v) is 4.90. The summed E-state index contributed by atoms with van der Waals surface area (Å²) in [4.78, 5) is 10.6. The molecular formula is C15H21N3O2. The van der Waals surface area contributed by atoms with E-state index in [1.165, 1.54) is 18.6 Å². The average molecular weight is 275 g/mol. The van der Waals surface area contributed by atoms with E-state index in [1.54, 1.807) is 6.07 Å². The van der Waals surface area contributed by atoms with Gasteiger partial charge in [0.2, 0.25) is 0 Å². The highest BCUT2D eigenvalue weighted by Gasteiger charge is 2.15. The van der Waals surface area contributed by atoms with Crippen molar-refractivity contribution in [3.63, 3.8) is 0 Å². The predicted octanol–water partition coefficient (Wildman–Crippen LogP) is 4.09. The predicted molar refractivity (Wildman–Crippen MR) is 79.6 cm³/mol. The summed E-state index contributed by atoms with van der Waals surface area (Å²) < 4.78 is 0. The Kier molecular flexibility index (Phi) is 6.51. The molecule has 0 aliphatic heterocycles. The van der Waals surface area contributed by atoms with Crippen molar-refractivity contribution in [3.05, 3.63) is 33.9 Å². The van der Waals surface area contributed by atoms with Crippen LogP contribution >= 0.6 is 0 Å². The molecule has 108 valence electrons. The van der Waals surface area contributed by atoms with E-state index in [2.05, 4.69) is 19.2 Å². The largest absolute Gasteiger partial charge is 0.379 e. The number of nitro groups is 1. The zero-order chi connectivity index (χ0) is 15.0. The van der Waals surface area contributed by atoms with E-state index in [0.29, 0.717) is 23.7 Å². The van der Waals surface area contributed by atoms with Crippen molar-refractivity contribution in [2.75, 3.05) is 11.9 Å². The second kappa shape index (κ2) is 8.16. The topological polar surface area (TPSA) is 79.0 Å². The number of nitro benzene ring substituents is 1. The van der Waals surface area contributed by atoms with Gasteiger partial charge in [-0.2, -0.15) is 5.26 Å². The monoisotopic (exact) mass is 275 g/mol. The maximum absolute atomic E-state index is 11.0. The van der Waals surface area contributed by atoms with Crippen molar-refractivity contribution in [1.82, 2.24) is 0 Å². The SMILES string of the molecule is CCCCC(CC)CNc1cc(C#N)ccc1[N+](=O)[O-]. The fraction of sp³-hybridized carbons (Fsp3) is 0.533. The Morgan fingerprint density at radius 1 is 1.45 bits per heavy atom. The lowest BCUT2D eigenvalue weighted by atomic mass is 9.99. The quantitative estimate of drug-likeness (QED) is 0.572. The first-order valence-corrected chi connectivity index (χ1v) is 7.04. The third-order valence-corrected chi connectivity index (χ3v) is 3.45. The van der Waals surface area contributed by atoms with Gasteiger partial charge in [-0.15, -0.1) is 0 Å². The first-order chi connectivity index (χ1) is 9.62. The number of nitrogens with one attached hydrogen (secondary N) is 1. The number of benzene rings is 1. The first-order valence-electron chi connectivity index (χ1n) is 7.04. The smallest absolute Gasteiger partial charge is 0.292 e. The molecule has 0 aromatic heterocycles. The van der Waals surface area contributed by atoms with Crippen molar-refractivity contribution in [2.45, 2.75) is 39.5 Å². The van der Waals surface area contributed by atoms with Crippen LogP contribution in [0.15, 0.2) is 18.2 Å². The van der Waals surface area contributed by atoms with Gasteiger partial charge in [-0.3, -0.25) is 10.1 Å². The molecule has 1 N–H and O–H groups in total. The molecule has 0 aliphatic carbocycles. The summed E-state index contributed by atoms with van der Waals surface area (Å²) in [5.74, 6) is 0.500. The van der Waals surface area contributed by atoms with E-state index in [1.807, 2.05) is 6.07 Å². The minimum Gasteiger partial charge on any atom is -0.379 e. The van der Waals surface area contributed by atoms with Gasteiger partial charge in [0.05, 0.1) is 16.6 Å². The van der Waals surface area contributed by atoms with Crippen molar-refractivity contribution in [2.24, 2.45) is 5.92 Å². The molecule has 20 heavy (non-hydrogen) atoms. The van der Waals surface area contributed by atoms with Crippen LogP contribution in [0.25, 0.3) is 0 Å². The number of nitrogens with zero attached hydrogens (tertiary/aromatic N) is 2. The summed E-state index contributed by atoms with van der Waals surface area (Å²) in [5, 5.41) is 23.0. The lowest BCUT2D eigenvalue weighted by Gasteiger charge is -2.16. The van der Waals surface area contributed by atoms with Crippen LogP contribution in [-0.2, 0) is 0 Å². The summed E-state index contributed by atoms with van der Waals surface area (Å²) in [6.45, 7) is 4.98. The maximum atomic E-state index is 11.0. The molecule has 0 heterocycles. The molecule has 0 amide bonds. The van der Waals surface area contributed by atoms with Crippen LogP contribution < -0.4 is 5.32 Å². The lowest BCUT2D eigenvalue weighted by Crippen LogP contribution is -2.14. The minimum atomic E-state index is -0.420. The number of rotatable bonds is 8. The molecule has 1 rings (SSSR count).